The average Bonchev–Trinajstić information content (AvgIpc) is 2.35. The maximum absolute atomic E-state index is 12.4. The highest BCUT2D eigenvalue weighted by molar-refractivity contribution is 5.77. The zero-order valence-electron chi connectivity index (χ0n) is 11.6. The molecule has 5 nitrogen and oxygen atoms in total. The Bertz CT molecular complexity index is 305. The molecule has 0 saturated carbocycles. The molecule has 0 aromatic carbocycles. The van der Waals surface area contributed by atoms with E-state index in [1.54, 1.807) is 4.90 Å². The van der Waals surface area contributed by atoms with E-state index in [1.807, 2.05) is 25.7 Å². The van der Waals surface area contributed by atoms with Crippen molar-refractivity contribution in [1.29, 1.82) is 0 Å². The van der Waals surface area contributed by atoms with E-state index in [4.69, 9.17) is 5.11 Å². The van der Waals surface area contributed by atoms with Crippen LogP contribution in [0.4, 0.5) is 4.79 Å². The number of hydrogen-bond acceptors (Lipinski definition) is 2. The Morgan fingerprint density at radius 1 is 1.44 bits per heavy atom. The summed E-state index contributed by atoms with van der Waals surface area (Å²) in [5, 5.41) is 9.04. The Hall–Kier alpha value is -1.26. The Morgan fingerprint density at radius 2 is 2.11 bits per heavy atom. The monoisotopic (exact) mass is 256 g/mol. The lowest BCUT2D eigenvalue weighted by Crippen LogP contribution is -2.51. The first-order valence-corrected chi connectivity index (χ1v) is 6.75. The van der Waals surface area contributed by atoms with Crippen LogP contribution in [0.3, 0.4) is 0 Å². The topological polar surface area (TPSA) is 60.9 Å². The number of aliphatic carboxylic acids is 1. The summed E-state index contributed by atoms with van der Waals surface area (Å²) in [6.45, 7) is 7.78. The van der Waals surface area contributed by atoms with Gasteiger partial charge in [-0.3, -0.25) is 4.79 Å². The van der Waals surface area contributed by atoms with Gasteiger partial charge in [-0.05, 0) is 33.1 Å². The van der Waals surface area contributed by atoms with E-state index >= 15 is 0 Å². The van der Waals surface area contributed by atoms with Gasteiger partial charge in [-0.15, -0.1) is 0 Å². The molecule has 104 valence electrons. The fraction of sp³-hybridized carbons (Fsp3) is 0.846. The van der Waals surface area contributed by atoms with E-state index in [2.05, 4.69) is 0 Å². The van der Waals surface area contributed by atoms with Gasteiger partial charge in [-0.2, -0.15) is 0 Å². The van der Waals surface area contributed by atoms with E-state index in [9.17, 15) is 9.59 Å². The summed E-state index contributed by atoms with van der Waals surface area (Å²) >= 11 is 0. The lowest BCUT2D eigenvalue weighted by molar-refractivity contribution is -0.143. The molecule has 1 aliphatic rings. The van der Waals surface area contributed by atoms with Gasteiger partial charge in [0.15, 0.2) is 0 Å². The quantitative estimate of drug-likeness (QED) is 0.837. The minimum atomic E-state index is -0.793. The van der Waals surface area contributed by atoms with E-state index in [1.165, 1.54) is 0 Å². The number of carboxylic acids is 1. The second kappa shape index (κ2) is 6.61. The lowest BCUT2D eigenvalue weighted by Gasteiger charge is -2.36. The molecular formula is C13H24N2O3. The van der Waals surface area contributed by atoms with Crippen molar-refractivity contribution in [3.05, 3.63) is 0 Å². The largest absolute Gasteiger partial charge is 0.481 e. The fourth-order valence-electron chi connectivity index (χ4n) is 2.35. The number of nitrogens with zero attached hydrogens (tertiary/aromatic N) is 2. The zero-order valence-corrected chi connectivity index (χ0v) is 11.6. The number of amides is 2. The minimum Gasteiger partial charge on any atom is -0.481 e. The summed E-state index contributed by atoms with van der Waals surface area (Å²) in [6.07, 6.45) is 2.37. The van der Waals surface area contributed by atoms with E-state index in [0.717, 1.165) is 19.4 Å². The van der Waals surface area contributed by atoms with Crippen LogP contribution >= 0.6 is 0 Å². The molecule has 0 aromatic rings. The SMILES string of the molecule is CCCN(C(=O)N1CCCC(C(=O)O)C1)C(C)C. The normalized spacial score (nSPS) is 20.0. The Morgan fingerprint density at radius 3 is 2.61 bits per heavy atom. The van der Waals surface area contributed by atoms with Gasteiger partial charge in [-0.1, -0.05) is 6.92 Å². The van der Waals surface area contributed by atoms with E-state index in [-0.39, 0.29) is 12.1 Å². The van der Waals surface area contributed by atoms with Gasteiger partial charge in [-0.25, -0.2) is 4.79 Å². The molecule has 0 aromatic heterocycles. The first kappa shape index (κ1) is 14.8. The van der Waals surface area contributed by atoms with Crippen molar-refractivity contribution in [3.63, 3.8) is 0 Å². The number of rotatable bonds is 4. The number of urea groups is 1. The summed E-state index contributed by atoms with van der Waals surface area (Å²) in [4.78, 5) is 26.9. The molecule has 1 unspecified atom stereocenters. The molecule has 1 rings (SSSR count). The third-order valence-corrected chi connectivity index (χ3v) is 3.37. The van der Waals surface area contributed by atoms with E-state index in [0.29, 0.717) is 19.5 Å². The highest BCUT2D eigenvalue weighted by Crippen LogP contribution is 2.18. The highest BCUT2D eigenvalue weighted by atomic mass is 16.4. The fourth-order valence-corrected chi connectivity index (χ4v) is 2.35. The van der Waals surface area contributed by atoms with Crippen LogP contribution in [0, 0.1) is 5.92 Å². The van der Waals surface area contributed by atoms with Gasteiger partial charge in [0.2, 0.25) is 0 Å². The van der Waals surface area contributed by atoms with Gasteiger partial charge in [0.05, 0.1) is 5.92 Å². The van der Waals surface area contributed by atoms with Crippen molar-refractivity contribution < 1.29 is 14.7 Å². The summed E-state index contributed by atoms with van der Waals surface area (Å²) in [5.41, 5.74) is 0. The number of likely N-dealkylation sites (tertiary alicyclic amines) is 1. The van der Waals surface area contributed by atoms with Gasteiger partial charge < -0.3 is 14.9 Å². The van der Waals surface area contributed by atoms with Crippen molar-refractivity contribution in [2.45, 2.75) is 46.1 Å². The highest BCUT2D eigenvalue weighted by Gasteiger charge is 2.30. The molecule has 1 atom stereocenters. The van der Waals surface area contributed by atoms with Crippen LogP contribution in [0.2, 0.25) is 0 Å². The molecule has 5 heteroatoms. The second-order valence-electron chi connectivity index (χ2n) is 5.19. The number of piperidine rings is 1. The first-order chi connectivity index (χ1) is 8.47. The molecule has 1 fully saturated rings. The van der Waals surface area contributed by atoms with Crippen molar-refractivity contribution in [1.82, 2.24) is 9.80 Å². The predicted octanol–water partition coefficient (Wildman–Crippen LogP) is 2.02. The van der Waals surface area contributed by atoms with Crippen LogP contribution < -0.4 is 0 Å². The molecule has 0 bridgehead atoms. The Labute approximate surface area is 109 Å². The smallest absolute Gasteiger partial charge is 0.320 e. The van der Waals surface area contributed by atoms with Crippen LogP contribution in [0.25, 0.3) is 0 Å². The lowest BCUT2D eigenvalue weighted by atomic mass is 9.98. The Balaban J connectivity index is 2.66. The summed E-state index contributed by atoms with van der Waals surface area (Å²) in [6, 6.07) is 0.139. The van der Waals surface area contributed by atoms with Gasteiger partial charge >= 0.3 is 12.0 Å². The molecule has 1 heterocycles. The van der Waals surface area contributed by atoms with Crippen LogP contribution in [0.5, 0.6) is 0 Å². The van der Waals surface area contributed by atoms with Gasteiger partial charge in [0.25, 0.3) is 0 Å². The molecule has 0 radical (unpaired) electrons. The maximum atomic E-state index is 12.4. The molecule has 0 aliphatic carbocycles. The van der Waals surface area contributed by atoms with Crippen molar-refractivity contribution in [2.24, 2.45) is 5.92 Å². The first-order valence-electron chi connectivity index (χ1n) is 6.75. The third kappa shape index (κ3) is 3.62. The van der Waals surface area contributed by atoms with Crippen LogP contribution in [0.1, 0.15) is 40.0 Å². The number of carbonyl (C=O) groups excluding carboxylic acids is 1. The molecule has 1 N–H and O–H groups in total. The van der Waals surface area contributed by atoms with Gasteiger partial charge in [0.1, 0.15) is 0 Å². The second-order valence-corrected chi connectivity index (χ2v) is 5.19. The standard InChI is InChI=1S/C13H24N2O3/c1-4-7-15(10(2)3)13(18)14-8-5-6-11(9-14)12(16)17/h10-11H,4-9H2,1-3H3,(H,16,17). The molecule has 2 amide bonds. The number of carboxylic acid groups (broad SMARTS) is 1. The number of carbonyl (C=O) groups is 2. The predicted molar refractivity (Wildman–Crippen MR) is 69.5 cm³/mol. The molecule has 1 aliphatic heterocycles. The van der Waals surface area contributed by atoms with Crippen molar-refractivity contribution in [2.75, 3.05) is 19.6 Å². The van der Waals surface area contributed by atoms with Gasteiger partial charge in [0, 0.05) is 25.7 Å². The minimum absolute atomic E-state index is 0.0159. The van der Waals surface area contributed by atoms with Crippen molar-refractivity contribution in [3.8, 4) is 0 Å². The molecule has 1 saturated heterocycles. The van der Waals surface area contributed by atoms with Crippen LogP contribution in [0.15, 0.2) is 0 Å². The maximum Gasteiger partial charge on any atom is 0.320 e. The zero-order chi connectivity index (χ0) is 13.7. The van der Waals surface area contributed by atoms with Crippen LogP contribution in [-0.2, 0) is 4.79 Å². The molecule has 18 heavy (non-hydrogen) atoms. The summed E-state index contributed by atoms with van der Waals surface area (Å²) < 4.78 is 0. The molecular weight excluding hydrogens is 232 g/mol. The van der Waals surface area contributed by atoms with Crippen LogP contribution in [-0.4, -0.2) is 52.6 Å². The summed E-state index contributed by atoms with van der Waals surface area (Å²) in [5.74, 6) is -1.20. The average molecular weight is 256 g/mol. The Kier molecular flexibility index (Phi) is 5.44. The third-order valence-electron chi connectivity index (χ3n) is 3.37. The number of hydrogen-bond donors (Lipinski definition) is 1. The molecule has 0 spiro atoms. The summed E-state index contributed by atoms with van der Waals surface area (Å²) in [7, 11) is 0. The van der Waals surface area contributed by atoms with Crippen molar-refractivity contribution >= 4 is 12.0 Å². The van der Waals surface area contributed by atoms with E-state index < -0.39 is 11.9 Å².